The zero-order chi connectivity index (χ0) is 16.1. The predicted octanol–water partition coefficient (Wildman–Crippen LogP) is 1.28. The summed E-state index contributed by atoms with van der Waals surface area (Å²) in [6, 6.07) is 7.42. The Bertz CT molecular complexity index is 705. The highest BCUT2D eigenvalue weighted by Gasteiger charge is 2.12. The molecule has 0 fully saturated rings. The lowest BCUT2D eigenvalue weighted by atomic mass is 10.0. The van der Waals surface area contributed by atoms with E-state index in [0.717, 1.165) is 25.9 Å². The van der Waals surface area contributed by atoms with Crippen LogP contribution < -0.4 is 20.9 Å². The maximum absolute atomic E-state index is 12.3. The first-order chi connectivity index (χ1) is 11.3. The second-order valence-corrected chi connectivity index (χ2v) is 5.27. The predicted molar refractivity (Wildman–Crippen MR) is 86.1 cm³/mol. The standard InChI is InChI=1S/C16H19N5O2/c1-23-14-6-8-18-16(19-14)21-20-15(22)12-4-5-13-10-17-7-2-3-11(13)9-12/h4-6,8-9,17H,2-3,7,10H2,1H3,(H,20,22)(H,18,19,21). The number of ether oxygens (including phenoxy) is 1. The van der Waals surface area contributed by atoms with Gasteiger partial charge in [0, 0.05) is 24.4 Å². The molecule has 0 radical (unpaired) electrons. The molecule has 1 amide bonds. The van der Waals surface area contributed by atoms with Crippen molar-refractivity contribution in [2.24, 2.45) is 0 Å². The topological polar surface area (TPSA) is 88.2 Å². The first kappa shape index (κ1) is 15.2. The molecule has 0 saturated heterocycles. The van der Waals surface area contributed by atoms with Gasteiger partial charge in [0.15, 0.2) is 0 Å². The van der Waals surface area contributed by atoms with Gasteiger partial charge in [-0.15, -0.1) is 0 Å². The first-order valence-electron chi connectivity index (χ1n) is 7.52. The number of nitrogens with zero attached hydrogens (tertiary/aromatic N) is 2. The number of benzene rings is 1. The summed E-state index contributed by atoms with van der Waals surface area (Å²) < 4.78 is 5.01. The van der Waals surface area contributed by atoms with Crippen molar-refractivity contribution in [3.05, 3.63) is 47.2 Å². The number of carbonyl (C=O) groups is 1. The van der Waals surface area contributed by atoms with Gasteiger partial charge in [-0.05, 0) is 42.6 Å². The van der Waals surface area contributed by atoms with E-state index < -0.39 is 0 Å². The number of hydrogen-bond acceptors (Lipinski definition) is 6. The second kappa shape index (κ2) is 7.06. The van der Waals surface area contributed by atoms with Crippen molar-refractivity contribution >= 4 is 11.9 Å². The second-order valence-electron chi connectivity index (χ2n) is 5.27. The minimum Gasteiger partial charge on any atom is -0.481 e. The number of aromatic nitrogens is 2. The van der Waals surface area contributed by atoms with E-state index in [0.29, 0.717) is 11.4 Å². The SMILES string of the molecule is COc1ccnc(NNC(=O)c2ccc3c(c2)CCCNC3)n1. The van der Waals surface area contributed by atoms with Crippen LogP contribution in [0.5, 0.6) is 5.88 Å². The summed E-state index contributed by atoms with van der Waals surface area (Å²) in [7, 11) is 1.52. The summed E-state index contributed by atoms with van der Waals surface area (Å²) in [6.45, 7) is 1.86. The van der Waals surface area contributed by atoms with Gasteiger partial charge < -0.3 is 10.1 Å². The van der Waals surface area contributed by atoms with Crippen LogP contribution in [0.15, 0.2) is 30.5 Å². The fourth-order valence-electron chi connectivity index (χ4n) is 2.50. The summed E-state index contributed by atoms with van der Waals surface area (Å²) >= 11 is 0. The number of rotatable bonds is 4. The molecule has 0 spiro atoms. The van der Waals surface area contributed by atoms with Crippen molar-refractivity contribution in [2.75, 3.05) is 19.1 Å². The van der Waals surface area contributed by atoms with E-state index in [-0.39, 0.29) is 11.9 Å². The molecule has 0 bridgehead atoms. The molecule has 7 heteroatoms. The van der Waals surface area contributed by atoms with Crippen LogP contribution in [0, 0.1) is 0 Å². The quantitative estimate of drug-likeness (QED) is 0.737. The van der Waals surface area contributed by atoms with Crippen molar-refractivity contribution in [3.8, 4) is 5.88 Å². The fourth-order valence-corrected chi connectivity index (χ4v) is 2.50. The molecule has 2 aromatic rings. The molecule has 0 aliphatic carbocycles. The van der Waals surface area contributed by atoms with Crippen LogP contribution in [0.25, 0.3) is 0 Å². The highest BCUT2D eigenvalue weighted by Crippen LogP contribution is 2.16. The molecule has 1 aromatic carbocycles. The van der Waals surface area contributed by atoms with Crippen molar-refractivity contribution in [2.45, 2.75) is 19.4 Å². The lowest BCUT2D eigenvalue weighted by molar-refractivity contribution is 0.0962. The average Bonchev–Trinajstić information content (AvgIpc) is 2.84. The molecule has 1 aromatic heterocycles. The lowest BCUT2D eigenvalue weighted by Gasteiger charge is -2.10. The van der Waals surface area contributed by atoms with Crippen LogP contribution in [-0.2, 0) is 13.0 Å². The number of fused-ring (bicyclic) bond motifs is 1. The minimum atomic E-state index is -0.226. The molecule has 7 nitrogen and oxygen atoms in total. The van der Waals surface area contributed by atoms with Crippen molar-refractivity contribution in [3.63, 3.8) is 0 Å². The van der Waals surface area contributed by atoms with Crippen LogP contribution in [0.3, 0.4) is 0 Å². The van der Waals surface area contributed by atoms with E-state index in [1.54, 1.807) is 12.3 Å². The van der Waals surface area contributed by atoms with E-state index >= 15 is 0 Å². The Balaban J connectivity index is 1.67. The number of hydrazine groups is 1. The Morgan fingerprint density at radius 2 is 2.22 bits per heavy atom. The number of hydrogen-bond donors (Lipinski definition) is 3. The number of carbonyl (C=O) groups excluding carboxylic acids is 1. The Morgan fingerprint density at radius 3 is 3.09 bits per heavy atom. The van der Waals surface area contributed by atoms with Gasteiger partial charge in [-0.1, -0.05) is 6.07 Å². The van der Waals surface area contributed by atoms with E-state index in [1.807, 2.05) is 18.2 Å². The Kier molecular flexibility index (Phi) is 4.68. The molecular formula is C16H19N5O2. The smallest absolute Gasteiger partial charge is 0.269 e. The van der Waals surface area contributed by atoms with Crippen molar-refractivity contribution in [1.82, 2.24) is 20.7 Å². The third kappa shape index (κ3) is 3.75. The van der Waals surface area contributed by atoms with E-state index in [9.17, 15) is 4.79 Å². The van der Waals surface area contributed by atoms with Crippen LogP contribution in [0.1, 0.15) is 27.9 Å². The molecule has 120 valence electrons. The fraction of sp³-hybridized carbons (Fsp3) is 0.312. The zero-order valence-electron chi connectivity index (χ0n) is 12.9. The molecule has 3 rings (SSSR count). The molecule has 23 heavy (non-hydrogen) atoms. The van der Waals surface area contributed by atoms with Crippen molar-refractivity contribution < 1.29 is 9.53 Å². The molecule has 0 unspecified atom stereocenters. The molecule has 2 heterocycles. The summed E-state index contributed by atoms with van der Waals surface area (Å²) in [5.74, 6) is 0.474. The van der Waals surface area contributed by atoms with Gasteiger partial charge in [0.25, 0.3) is 5.91 Å². The molecule has 1 aliphatic rings. The van der Waals surface area contributed by atoms with Crippen molar-refractivity contribution in [1.29, 1.82) is 0 Å². The molecule has 3 N–H and O–H groups in total. The third-order valence-electron chi connectivity index (χ3n) is 3.71. The maximum Gasteiger partial charge on any atom is 0.269 e. The Labute approximate surface area is 134 Å². The maximum atomic E-state index is 12.3. The number of nitrogens with one attached hydrogen (secondary N) is 3. The number of anilines is 1. The van der Waals surface area contributed by atoms with Gasteiger partial charge in [-0.3, -0.25) is 15.6 Å². The van der Waals surface area contributed by atoms with Gasteiger partial charge in [-0.25, -0.2) is 4.98 Å². The first-order valence-corrected chi connectivity index (χ1v) is 7.52. The van der Waals surface area contributed by atoms with Crippen LogP contribution in [-0.4, -0.2) is 29.5 Å². The Morgan fingerprint density at radius 1 is 1.30 bits per heavy atom. The van der Waals surface area contributed by atoms with Crippen LogP contribution in [0.4, 0.5) is 5.95 Å². The largest absolute Gasteiger partial charge is 0.481 e. The van der Waals surface area contributed by atoms with E-state index in [4.69, 9.17) is 4.74 Å². The van der Waals surface area contributed by atoms with Gasteiger partial charge in [0.2, 0.25) is 11.8 Å². The zero-order valence-corrected chi connectivity index (χ0v) is 12.9. The Hall–Kier alpha value is -2.67. The van der Waals surface area contributed by atoms with Gasteiger partial charge >= 0.3 is 0 Å². The number of amides is 1. The molecule has 0 atom stereocenters. The third-order valence-corrected chi connectivity index (χ3v) is 3.71. The number of aryl methyl sites for hydroxylation is 1. The summed E-state index contributed by atoms with van der Waals surface area (Å²) in [5.41, 5.74) is 8.39. The highest BCUT2D eigenvalue weighted by atomic mass is 16.5. The highest BCUT2D eigenvalue weighted by molar-refractivity contribution is 5.95. The van der Waals surface area contributed by atoms with E-state index in [2.05, 4.69) is 26.1 Å². The van der Waals surface area contributed by atoms with Crippen LogP contribution >= 0.6 is 0 Å². The number of methoxy groups -OCH3 is 1. The van der Waals surface area contributed by atoms with Gasteiger partial charge in [-0.2, -0.15) is 4.98 Å². The average molecular weight is 313 g/mol. The summed E-state index contributed by atoms with van der Waals surface area (Å²) in [5, 5.41) is 3.37. The molecule has 0 saturated carbocycles. The monoisotopic (exact) mass is 313 g/mol. The normalized spacial score (nSPS) is 13.6. The van der Waals surface area contributed by atoms with Gasteiger partial charge in [0.1, 0.15) is 0 Å². The summed E-state index contributed by atoms with van der Waals surface area (Å²) in [6.07, 6.45) is 3.61. The van der Waals surface area contributed by atoms with E-state index in [1.165, 1.54) is 18.2 Å². The molecular weight excluding hydrogens is 294 g/mol. The lowest BCUT2D eigenvalue weighted by Crippen LogP contribution is -2.30. The summed E-state index contributed by atoms with van der Waals surface area (Å²) in [4.78, 5) is 20.4. The minimum absolute atomic E-state index is 0.226. The van der Waals surface area contributed by atoms with Gasteiger partial charge in [0.05, 0.1) is 7.11 Å². The van der Waals surface area contributed by atoms with Crippen LogP contribution in [0.2, 0.25) is 0 Å². The molecule has 1 aliphatic heterocycles.